The Morgan fingerprint density at radius 3 is 2.53 bits per heavy atom. The molecule has 0 atom stereocenters. The second-order valence-corrected chi connectivity index (χ2v) is 4.84. The number of rotatable bonds is 1. The minimum absolute atomic E-state index is 0.409. The van der Waals surface area contributed by atoms with Gasteiger partial charge in [0.25, 0.3) is 0 Å². The molecule has 1 aromatic rings. The minimum Gasteiger partial charge on any atom is -0.368 e. The van der Waals surface area contributed by atoms with E-state index in [-0.39, 0.29) is 0 Å². The van der Waals surface area contributed by atoms with E-state index in [1.807, 2.05) is 0 Å². The molecule has 3 heterocycles. The molecule has 0 aromatic carbocycles. The number of aromatic nitrogens is 2. The number of hydrogen-bond acceptors (Lipinski definition) is 5. The summed E-state index contributed by atoms with van der Waals surface area (Å²) in [6.07, 6.45) is 5.17. The standard InChI is InChI=1S/C12H19N5/c13-12-15-10-8-14-7-9(10)11(16-12)17-5-3-1-2-4-6-17/h14H,1-8H2,(H2,13,15,16). The molecule has 5 heteroatoms. The topological polar surface area (TPSA) is 67.1 Å². The molecule has 92 valence electrons. The minimum atomic E-state index is 0.409. The van der Waals surface area contributed by atoms with Gasteiger partial charge in [-0.15, -0.1) is 0 Å². The summed E-state index contributed by atoms with van der Waals surface area (Å²) >= 11 is 0. The van der Waals surface area contributed by atoms with Crippen LogP contribution in [0.4, 0.5) is 11.8 Å². The fourth-order valence-electron chi connectivity index (χ4n) is 2.71. The molecular formula is C12H19N5. The second kappa shape index (κ2) is 4.49. The summed E-state index contributed by atoms with van der Waals surface area (Å²) in [6, 6.07) is 0. The summed E-state index contributed by atoms with van der Waals surface area (Å²) < 4.78 is 0. The molecule has 5 nitrogen and oxygen atoms in total. The molecule has 1 saturated heterocycles. The van der Waals surface area contributed by atoms with Crippen molar-refractivity contribution in [3.63, 3.8) is 0 Å². The Morgan fingerprint density at radius 1 is 1.00 bits per heavy atom. The third kappa shape index (κ3) is 2.07. The van der Waals surface area contributed by atoms with E-state index >= 15 is 0 Å². The Balaban J connectivity index is 1.95. The molecule has 0 bridgehead atoms. The van der Waals surface area contributed by atoms with Crippen LogP contribution in [0.5, 0.6) is 0 Å². The van der Waals surface area contributed by atoms with Gasteiger partial charge in [0, 0.05) is 31.7 Å². The van der Waals surface area contributed by atoms with Gasteiger partial charge in [0.05, 0.1) is 5.69 Å². The Morgan fingerprint density at radius 2 is 1.76 bits per heavy atom. The van der Waals surface area contributed by atoms with E-state index in [1.165, 1.54) is 31.2 Å². The van der Waals surface area contributed by atoms with Gasteiger partial charge in [-0.3, -0.25) is 0 Å². The van der Waals surface area contributed by atoms with E-state index in [4.69, 9.17) is 5.73 Å². The van der Waals surface area contributed by atoms with Crippen LogP contribution in [0.2, 0.25) is 0 Å². The van der Waals surface area contributed by atoms with E-state index in [0.29, 0.717) is 5.95 Å². The van der Waals surface area contributed by atoms with Crippen molar-refractivity contribution < 1.29 is 0 Å². The van der Waals surface area contributed by atoms with Crippen LogP contribution in [0.1, 0.15) is 36.9 Å². The van der Waals surface area contributed by atoms with Crippen LogP contribution >= 0.6 is 0 Å². The van der Waals surface area contributed by atoms with E-state index < -0.39 is 0 Å². The number of hydrogen-bond donors (Lipinski definition) is 2. The zero-order valence-electron chi connectivity index (χ0n) is 10.1. The number of nitrogens with zero attached hydrogens (tertiary/aromatic N) is 3. The first-order valence-electron chi connectivity index (χ1n) is 6.45. The molecule has 3 N–H and O–H groups in total. The van der Waals surface area contributed by atoms with E-state index in [2.05, 4.69) is 20.2 Å². The Labute approximate surface area is 101 Å². The van der Waals surface area contributed by atoms with Gasteiger partial charge in [-0.1, -0.05) is 12.8 Å². The van der Waals surface area contributed by atoms with Crippen LogP contribution in [0.15, 0.2) is 0 Å². The molecule has 0 spiro atoms. The number of nitrogens with two attached hydrogens (primary N) is 1. The molecule has 2 aliphatic rings. The molecule has 2 aliphatic heterocycles. The largest absolute Gasteiger partial charge is 0.368 e. The molecule has 1 aromatic heterocycles. The van der Waals surface area contributed by atoms with Gasteiger partial charge in [0.1, 0.15) is 5.82 Å². The maximum absolute atomic E-state index is 5.80. The second-order valence-electron chi connectivity index (χ2n) is 4.84. The zero-order valence-corrected chi connectivity index (χ0v) is 10.1. The summed E-state index contributed by atoms with van der Waals surface area (Å²) in [4.78, 5) is 11.2. The van der Waals surface area contributed by atoms with Crippen molar-refractivity contribution in [3.05, 3.63) is 11.3 Å². The fraction of sp³-hybridized carbons (Fsp3) is 0.667. The molecule has 0 unspecified atom stereocenters. The highest BCUT2D eigenvalue weighted by Gasteiger charge is 2.22. The smallest absolute Gasteiger partial charge is 0.222 e. The third-order valence-electron chi connectivity index (χ3n) is 3.59. The van der Waals surface area contributed by atoms with Gasteiger partial charge in [-0.05, 0) is 12.8 Å². The molecule has 3 rings (SSSR count). The van der Waals surface area contributed by atoms with Crippen molar-refractivity contribution in [3.8, 4) is 0 Å². The lowest BCUT2D eigenvalue weighted by molar-refractivity contribution is 0.726. The number of fused-ring (bicyclic) bond motifs is 1. The van der Waals surface area contributed by atoms with Crippen molar-refractivity contribution in [1.82, 2.24) is 15.3 Å². The lowest BCUT2D eigenvalue weighted by Crippen LogP contribution is -2.27. The summed E-state index contributed by atoms with van der Waals surface area (Å²) in [5.74, 6) is 1.48. The van der Waals surface area contributed by atoms with Crippen LogP contribution in [-0.2, 0) is 13.1 Å². The van der Waals surface area contributed by atoms with Crippen LogP contribution < -0.4 is 16.0 Å². The van der Waals surface area contributed by atoms with E-state index in [1.54, 1.807) is 0 Å². The van der Waals surface area contributed by atoms with Gasteiger partial charge >= 0.3 is 0 Å². The Bertz CT molecular complexity index is 410. The highest BCUT2D eigenvalue weighted by Crippen LogP contribution is 2.27. The monoisotopic (exact) mass is 233 g/mol. The summed E-state index contributed by atoms with van der Waals surface area (Å²) in [5, 5.41) is 3.33. The predicted octanol–water partition coefficient (Wildman–Crippen LogP) is 1.04. The average Bonchev–Trinajstić information content (AvgIpc) is 2.62. The van der Waals surface area contributed by atoms with Crippen molar-refractivity contribution in [2.45, 2.75) is 38.8 Å². The summed E-state index contributed by atoms with van der Waals surface area (Å²) in [7, 11) is 0. The highest BCUT2D eigenvalue weighted by molar-refractivity contribution is 5.53. The first kappa shape index (κ1) is 10.8. The molecule has 0 radical (unpaired) electrons. The summed E-state index contributed by atoms with van der Waals surface area (Å²) in [5.41, 5.74) is 8.13. The molecular weight excluding hydrogens is 214 g/mol. The zero-order chi connectivity index (χ0) is 11.7. The van der Waals surface area contributed by atoms with E-state index in [9.17, 15) is 0 Å². The normalized spacial score (nSPS) is 20.1. The molecule has 0 amide bonds. The molecule has 1 fully saturated rings. The summed E-state index contributed by atoms with van der Waals surface area (Å²) in [6.45, 7) is 3.90. The van der Waals surface area contributed by atoms with Crippen molar-refractivity contribution in [2.24, 2.45) is 0 Å². The maximum atomic E-state index is 5.80. The van der Waals surface area contributed by atoms with Gasteiger partial charge in [-0.25, -0.2) is 4.98 Å². The Hall–Kier alpha value is -1.36. The van der Waals surface area contributed by atoms with Crippen LogP contribution in [0, 0.1) is 0 Å². The lowest BCUT2D eigenvalue weighted by atomic mass is 10.2. The van der Waals surface area contributed by atoms with Crippen molar-refractivity contribution in [1.29, 1.82) is 0 Å². The number of anilines is 2. The van der Waals surface area contributed by atoms with Crippen molar-refractivity contribution in [2.75, 3.05) is 23.7 Å². The molecule has 17 heavy (non-hydrogen) atoms. The number of nitrogen functional groups attached to an aromatic ring is 1. The van der Waals surface area contributed by atoms with Crippen molar-refractivity contribution >= 4 is 11.8 Å². The van der Waals surface area contributed by atoms with Crippen LogP contribution in [-0.4, -0.2) is 23.1 Å². The van der Waals surface area contributed by atoms with Gasteiger partial charge in [-0.2, -0.15) is 4.98 Å². The van der Waals surface area contributed by atoms with Crippen LogP contribution in [0.3, 0.4) is 0 Å². The van der Waals surface area contributed by atoms with Crippen LogP contribution in [0.25, 0.3) is 0 Å². The number of nitrogens with one attached hydrogen (secondary N) is 1. The average molecular weight is 233 g/mol. The Kier molecular flexibility index (Phi) is 2.84. The van der Waals surface area contributed by atoms with Gasteiger partial charge < -0.3 is 16.0 Å². The first-order chi connectivity index (χ1) is 8.34. The highest BCUT2D eigenvalue weighted by atomic mass is 15.2. The van der Waals surface area contributed by atoms with E-state index in [0.717, 1.165) is 37.7 Å². The quantitative estimate of drug-likeness (QED) is 0.758. The fourth-order valence-corrected chi connectivity index (χ4v) is 2.71. The van der Waals surface area contributed by atoms with Gasteiger partial charge in [0.2, 0.25) is 5.95 Å². The van der Waals surface area contributed by atoms with Gasteiger partial charge in [0.15, 0.2) is 0 Å². The third-order valence-corrected chi connectivity index (χ3v) is 3.59. The maximum Gasteiger partial charge on any atom is 0.222 e. The molecule has 0 aliphatic carbocycles. The SMILES string of the molecule is Nc1nc2c(c(N3CCCCCC3)n1)CNC2. The predicted molar refractivity (Wildman–Crippen MR) is 67.7 cm³/mol. The lowest BCUT2D eigenvalue weighted by Gasteiger charge is -2.23. The first-order valence-corrected chi connectivity index (χ1v) is 6.45. The molecule has 0 saturated carbocycles.